The summed E-state index contributed by atoms with van der Waals surface area (Å²) in [5.74, 6) is 7.76. The Kier molecular flexibility index (Phi) is 37.1. The molecule has 0 aliphatic carbocycles. The minimum absolute atomic E-state index is 0.0323. The number of nitrogens with two attached hydrogens (primary N) is 7. The van der Waals surface area contributed by atoms with Crippen molar-refractivity contribution in [2.75, 3.05) is 46.9 Å². The summed E-state index contributed by atoms with van der Waals surface area (Å²) in [5.41, 5.74) is 42.4. The molecule has 45 heteroatoms. The van der Waals surface area contributed by atoms with Gasteiger partial charge in [0, 0.05) is 116 Å². The Labute approximate surface area is 773 Å². The minimum Gasteiger partial charge on any atom is -0.383 e. The first kappa shape index (κ1) is 103. The second kappa shape index (κ2) is 46.1. The van der Waals surface area contributed by atoms with E-state index in [9.17, 15) is 30.0 Å². The van der Waals surface area contributed by atoms with Crippen LogP contribution in [0.4, 0.5) is 48.1 Å². The van der Waals surface area contributed by atoms with Crippen molar-refractivity contribution in [1.82, 2.24) is 89.7 Å². The lowest BCUT2D eigenvalue weighted by molar-refractivity contribution is -0.141. The topological polar surface area (TPSA) is 532 Å². The van der Waals surface area contributed by atoms with Crippen molar-refractivity contribution in [2.24, 2.45) is 25.8 Å². The lowest BCUT2D eigenvalue weighted by atomic mass is 10.1. The molecule has 0 saturated heterocycles. The molecule has 13 heterocycles. The molecule has 0 atom stereocenters. The summed E-state index contributed by atoms with van der Waals surface area (Å²) in [6, 6.07) is 10.2. The molecule has 0 aromatic carbocycles. The maximum Gasteiger partial charge on any atom is 0.433 e. The molecule has 12 aromatic heterocycles. The van der Waals surface area contributed by atoms with Crippen molar-refractivity contribution in [3.8, 4) is 0 Å². The Morgan fingerprint density at radius 2 is 0.594 bits per heavy atom. The van der Waals surface area contributed by atoms with Crippen LogP contribution in [0.5, 0.6) is 0 Å². The number of hydrogen-bond donors (Lipinski definition) is 7. The average Bonchev–Trinajstić information content (AvgIpc) is 1.57. The molecule has 0 spiro atoms. The van der Waals surface area contributed by atoms with Gasteiger partial charge < -0.3 is 34.4 Å². The highest BCUT2D eigenvalue weighted by atomic mass is 32.2. The fourth-order valence-corrected chi connectivity index (χ4v) is 19.1. The van der Waals surface area contributed by atoms with Crippen molar-refractivity contribution >= 4 is 137 Å². The number of halogens is 3. The third kappa shape index (κ3) is 30.0. The number of anilines is 6. The van der Waals surface area contributed by atoms with Crippen molar-refractivity contribution < 1.29 is 30.0 Å². The van der Waals surface area contributed by atoms with Gasteiger partial charge in [-0.25, -0.2) is 96.7 Å². The summed E-state index contributed by atoms with van der Waals surface area (Å²) >= 11 is 10.1. The van der Waals surface area contributed by atoms with Gasteiger partial charge in [0.05, 0.1) is 40.1 Å². The largest absolute Gasteiger partial charge is 0.433 e. The van der Waals surface area contributed by atoms with Crippen LogP contribution in [0.2, 0.25) is 0 Å². The first-order chi connectivity index (χ1) is 60.1. The number of alkyl halides is 3. The number of pyridine rings is 6. The number of sulfone groups is 1. The molecule has 0 unspecified atom stereocenters. The van der Waals surface area contributed by atoms with Gasteiger partial charge in [0.25, 0.3) is 10.0 Å². The zero-order valence-corrected chi connectivity index (χ0v) is 81.6. The number of nitrogens with zero attached hydrogens (tertiary/aromatic N) is 22. The van der Waals surface area contributed by atoms with Crippen molar-refractivity contribution in [3.05, 3.63) is 196 Å². The van der Waals surface area contributed by atoms with Crippen molar-refractivity contribution in [2.45, 2.75) is 253 Å². The van der Waals surface area contributed by atoms with E-state index in [2.05, 4.69) is 164 Å². The summed E-state index contributed by atoms with van der Waals surface area (Å²) in [5, 5.41) is 20.9. The van der Waals surface area contributed by atoms with Crippen LogP contribution in [0, 0.1) is 48.5 Å². The second-order valence-corrected chi connectivity index (χ2v) is 40.9. The Hall–Kier alpha value is -10.5. The van der Waals surface area contributed by atoms with E-state index in [0.717, 1.165) is 81.5 Å². The number of primary sulfonamides is 1. The lowest BCUT2D eigenvalue weighted by Gasteiger charge is -2.15. The van der Waals surface area contributed by atoms with Crippen LogP contribution in [0.25, 0.3) is 0 Å². The van der Waals surface area contributed by atoms with E-state index >= 15 is 0 Å². The summed E-state index contributed by atoms with van der Waals surface area (Å²) in [7, 11) is -7.23. The van der Waals surface area contributed by atoms with Crippen LogP contribution in [0.15, 0.2) is 205 Å². The number of aromatic nitrogens is 18. The van der Waals surface area contributed by atoms with E-state index in [1.54, 1.807) is 99.3 Å². The fourth-order valence-electron chi connectivity index (χ4n) is 11.0. The van der Waals surface area contributed by atoms with E-state index in [-0.39, 0.29) is 33.6 Å². The van der Waals surface area contributed by atoms with Gasteiger partial charge in [-0.2, -0.15) is 13.2 Å². The van der Waals surface area contributed by atoms with E-state index < -0.39 is 37.9 Å². The van der Waals surface area contributed by atoms with Gasteiger partial charge in [-0.1, -0.05) is 154 Å². The standard InChI is InChI=1S/C14H15F3N4S.C14H16N8S.C14H18N4O2S2.C14H18N4S2.C14H18N4S.C13H17N5O2S2/c1-7(2)9-5-20-12(14(15,16)17)4-10(9)22-11-6-19-8(3)21-13(11)18;1-7(2)9-5-17-10(14-19-21-22-20-14)4-11(9)23-12-6-16-8(3)18-13(12)15;1-8(2)10-6-17-13(22(4,19)20)5-11(10)21-12-7-16-9(3)18-14(12)15;1-8(2)10-6-17-13(19-4)5-11(10)20-12-7-16-9(3)18-14(12)15;1-8(2)11-6-16-9(3)5-12(11)19-13-7-17-10(4)18-14(13)15;1-7(2)9-5-17-12(22(15,19)20)4-10(9)21-11-6-16-8(3)18-13(11)14/h4-7H,1-3H3,(H2,18,19,21);4-7,14H,1-3H3,(H2,15,16,18);5-8H,1-4H3,(H2,15,16,18);5-8H,1-4H3,(H2,15,16,18);5-8H,1-4H3,(H2,15,17,18);4-7H,1-3H3,(H2,14,16,18)(H2,15,19,20). The quantitative estimate of drug-likeness (QED) is 0.0310. The smallest absolute Gasteiger partial charge is 0.383 e. The molecule has 33 nitrogen and oxygen atoms in total. The maximum absolute atomic E-state index is 12.9. The third-order valence-corrected chi connectivity index (χ3v) is 26.8. The summed E-state index contributed by atoms with van der Waals surface area (Å²) < 4.78 is 84.9. The number of hydrogen-bond acceptors (Lipinski definition) is 39. The third-order valence-electron chi connectivity index (χ3n) is 17.7. The lowest BCUT2D eigenvalue weighted by Crippen LogP contribution is -2.14. The average molecular weight is 1920 g/mol. The summed E-state index contributed by atoms with van der Waals surface area (Å²) in [6.07, 6.45) is 18.4. The monoisotopic (exact) mass is 1910 g/mol. The molecular weight excluding hydrogens is 1810 g/mol. The van der Waals surface area contributed by atoms with Gasteiger partial charge in [-0.15, -0.1) is 22.0 Å². The highest BCUT2D eigenvalue weighted by molar-refractivity contribution is 8.01. The predicted molar refractivity (Wildman–Crippen MR) is 500 cm³/mol. The van der Waals surface area contributed by atoms with Crippen molar-refractivity contribution in [1.29, 1.82) is 0 Å². The van der Waals surface area contributed by atoms with Crippen LogP contribution in [0.3, 0.4) is 0 Å². The molecule has 0 radical (unpaired) electrons. The van der Waals surface area contributed by atoms with Gasteiger partial charge in [0.2, 0.25) is 6.17 Å². The van der Waals surface area contributed by atoms with Gasteiger partial charge in [-0.05, 0) is 170 Å². The number of rotatable bonds is 22. The van der Waals surface area contributed by atoms with Gasteiger partial charge in [-0.3, -0.25) is 15.0 Å². The van der Waals surface area contributed by atoms with E-state index in [1.807, 2.05) is 100 Å². The normalized spacial score (nSPS) is 12.0. The van der Waals surface area contributed by atoms with Gasteiger partial charge >= 0.3 is 6.18 Å². The van der Waals surface area contributed by atoms with Crippen LogP contribution >= 0.6 is 82.3 Å². The number of aryl methyl sites for hydroxylation is 7. The summed E-state index contributed by atoms with van der Waals surface area (Å²) in [4.78, 5) is 84.3. The van der Waals surface area contributed by atoms with Crippen LogP contribution in [-0.4, -0.2) is 119 Å². The molecule has 0 bridgehead atoms. The van der Waals surface area contributed by atoms with Crippen molar-refractivity contribution in [3.63, 3.8) is 0 Å². The Morgan fingerprint density at radius 3 is 0.891 bits per heavy atom. The van der Waals surface area contributed by atoms with Gasteiger partial charge in [0.1, 0.15) is 75.5 Å². The number of thioether (sulfide) groups is 1. The first-order valence-electron chi connectivity index (χ1n) is 39.3. The Balaban J connectivity index is 0.000000190. The fraction of sp³-hybridized carbons (Fsp3) is 0.349. The molecule has 12 aromatic rings. The molecule has 0 amide bonds. The molecular formula is C83H102F3N29O4S9. The second-order valence-electron chi connectivity index (χ2n) is 30.1. The zero-order valence-electron chi connectivity index (χ0n) is 74.3. The zero-order chi connectivity index (χ0) is 94.6. The highest BCUT2D eigenvalue weighted by Crippen LogP contribution is 2.44. The Bertz CT molecular complexity index is 6070. The van der Waals surface area contributed by atoms with Gasteiger partial charge in [0.15, 0.2) is 19.9 Å². The highest BCUT2D eigenvalue weighted by Gasteiger charge is 2.34. The van der Waals surface area contributed by atoms with Crippen LogP contribution in [0.1, 0.15) is 210 Å². The minimum atomic E-state index is -4.49. The molecule has 128 heavy (non-hydrogen) atoms. The van der Waals surface area contributed by atoms with E-state index in [1.165, 1.54) is 80.9 Å². The maximum atomic E-state index is 12.9. The molecule has 0 fully saturated rings. The number of nitrogen functional groups attached to an aromatic ring is 6. The predicted octanol–water partition coefficient (Wildman–Crippen LogP) is 19.2. The number of sulfonamides is 1. The van der Waals surface area contributed by atoms with Crippen LogP contribution < -0.4 is 39.5 Å². The summed E-state index contributed by atoms with van der Waals surface area (Å²) in [6.45, 7) is 37.4. The SMILES string of the molecule is CSc1cc(Sc2cnc(C)nc2N)c(C(C)C)cn1.Cc1cc(Sc2cnc(C)nc2N)c(C(C)C)cn1.Cc1ncc(Sc2cc(C(F)(F)F)ncc2C(C)C)c(N)n1.Cc1ncc(Sc2cc(C3N=NN=N3)ncc2C(C)C)c(N)n1.Cc1ncc(Sc2cc(S(C)(=O)=O)ncc2C(C)C)c(N)n1.Cc1ncc(Sc2cc(S(N)(=O)=O)ncc2C(C)C)c(N)n1. The molecule has 678 valence electrons. The van der Waals surface area contributed by atoms with E-state index in [0.29, 0.717) is 112 Å². The molecule has 0 saturated carbocycles. The first-order valence-corrected chi connectivity index (χ1v) is 48.8. The molecule has 13 rings (SSSR count). The molecule has 14 N–H and O–H groups in total. The molecule has 1 aliphatic rings. The Morgan fingerprint density at radius 1 is 0.328 bits per heavy atom. The molecule has 1 aliphatic heterocycles. The van der Waals surface area contributed by atoms with E-state index in [4.69, 9.17) is 39.5 Å². The van der Waals surface area contributed by atoms with Crippen LogP contribution in [-0.2, 0) is 26.0 Å².